The van der Waals surface area contributed by atoms with E-state index in [9.17, 15) is 28.5 Å². The Kier molecular flexibility index (Phi) is 7.76. The van der Waals surface area contributed by atoms with E-state index >= 15 is 0 Å². The second-order valence-electron chi connectivity index (χ2n) is 14.4. The molecule has 4 rings (SSSR count). The summed E-state index contributed by atoms with van der Waals surface area (Å²) in [7, 11) is 0. The zero-order chi connectivity index (χ0) is 27.6. The molecular weight excluding hydrogens is 481 g/mol. The number of hydrogen-bond donors (Lipinski definition) is 3. The summed E-state index contributed by atoms with van der Waals surface area (Å²) in [6, 6.07) is 0. The van der Waals surface area contributed by atoms with Gasteiger partial charge in [0.1, 0.15) is 6.10 Å². The summed E-state index contributed by atoms with van der Waals surface area (Å²) in [4.78, 5) is 0. The van der Waals surface area contributed by atoms with Crippen molar-refractivity contribution in [1.29, 1.82) is 0 Å². The summed E-state index contributed by atoms with van der Waals surface area (Å²) >= 11 is 0. The zero-order valence-electron chi connectivity index (χ0n) is 23.6. The lowest BCUT2D eigenvalue weighted by molar-refractivity contribution is -0.256. The van der Waals surface area contributed by atoms with Gasteiger partial charge in [-0.2, -0.15) is 13.2 Å². The molecule has 10 atom stereocenters. The van der Waals surface area contributed by atoms with E-state index in [-0.39, 0.29) is 35.9 Å². The van der Waals surface area contributed by atoms with Gasteiger partial charge in [-0.25, -0.2) is 0 Å². The molecule has 4 aliphatic carbocycles. The molecule has 214 valence electrons. The molecule has 4 aliphatic rings. The second-order valence-corrected chi connectivity index (χ2v) is 14.4. The van der Waals surface area contributed by atoms with Crippen LogP contribution in [0.25, 0.3) is 0 Å². The quantitative estimate of drug-likeness (QED) is 0.332. The molecule has 3 N–H and O–H groups in total. The molecule has 0 aromatic heterocycles. The summed E-state index contributed by atoms with van der Waals surface area (Å²) in [5.41, 5.74) is -2.40. The van der Waals surface area contributed by atoms with E-state index < -0.39 is 23.5 Å². The Bertz CT molecular complexity index is 862. The molecule has 0 aromatic rings. The summed E-state index contributed by atoms with van der Waals surface area (Å²) in [5.74, 6) is 2.07. The highest BCUT2D eigenvalue weighted by Crippen LogP contribution is 2.67. The van der Waals surface area contributed by atoms with Gasteiger partial charge in [-0.15, -0.1) is 0 Å². The van der Waals surface area contributed by atoms with Crippen LogP contribution in [0, 0.1) is 40.4 Å². The van der Waals surface area contributed by atoms with E-state index in [1.165, 1.54) is 0 Å². The number of fused-ring (bicyclic) bond motifs is 5. The van der Waals surface area contributed by atoms with Gasteiger partial charge in [0.05, 0.1) is 18.3 Å². The Balaban J connectivity index is 1.47. The lowest BCUT2D eigenvalue weighted by Gasteiger charge is -2.59. The normalized spacial score (nSPS) is 42.8. The van der Waals surface area contributed by atoms with Crippen LogP contribution in [0.15, 0.2) is 11.6 Å². The lowest BCUT2D eigenvalue weighted by atomic mass is 9.46. The smallest absolute Gasteiger partial charge is 0.388 e. The first-order valence-electron chi connectivity index (χ1n) is 14.4. The third kappa shape index (κ3) is 5.28. The molecule has 0 aromatic carbocycles. The van der Waals surface area contributed by atoms with Gasteiger partial charge < -0.3 is 20.1 Å². The summed E-state index contributed by atoms with van der Waals surface area (Å²) in [6.45, 7) is 11.3. The Morgan fingerprint density at radius 2 is 1.70 bits per heavy atom. The summed E-state index contributed by atoms with van der Waals surface area (Å²) in [6.07, 6.45) is 3.85. The van der Waals surface area contributed by atoms with Gasteiger partial charge in [-0.3, -0.25) is 0 Å². The fourth-order valence-corrected chi connectivity index (χ4v) is 9.02. The van der Waals surface area contributed by atoms with Gasteiger partial charge in [-0.1, -0.05) is 26.8 Å². The van der Waals surface area contributed by atoms with Crippen LogP contribution >= 0.6 is 0 Å². The highest BCUT2D eigenvalue weighted by Gasteiger charge is 2.60. The zero-order valence-corrected chi connectivity index (χ0v) is 23.6. The van der Waals surface area contributed by atoms with Crippen molar-refractivity contribution in [1.82, 2.24) is 0 Å². The predicted octanol–water partition coefficient (Wildman–Crippen LogP) is 6.42. The maximum Gasteiger partial charge on any atom is 0.416 e. The molecule has 0 saturated heterocycles. The minimum atomic E-state index is -4.60. The molecule has 3 saturated carbocycles. The van der Waals surface area contributed by atoms with E-state index in [2.05, 4.69) is 26.8 Å². The Morgan fingerprint density at radius 1 is 1.03 bits per heavy atom. The Labute approximate surface area is 221 Å². The first kappa shape index (κ1) is 29.4. The fourth-order valence-electron chi connectivity index (χ4n) is 9.02. The number of aliphatic hydroxyl groups is 3. The SMILES string of the molecule is C[C@H](CC[C@](C)(O)C(F)(F)F)[C@H]1CC[C@H]2[C@@H]3CC=C4[C@@H](O)[C@@H](OCC(C)(C)O)CC[C@]4(C)[C@H]3CC[C@]12C. The van der Waals surface area contributed by atoms with Crippen molar-refractivity contribution in [3.05, 3.63) is 11.6 Å². The maximum absolute atomic E-state index is 13.2. The van der Waals surface area contributed by atoms with Gasteiger partial charge in [0.25, 0.3) is 0 Å². The van der Waals surface area contributed by atoms with E-state index in [4.69, 9.17) is 4.74 Å². The number of rotatable bonds is 7. The number of ether oxygens (including phenoxy) is 1. The first-order chi connectivity index (χ1) is 16.9. The van der Waals surface area contributed by atoms with Crippen molar-refractivity contribution in [3.63, 3.8) is 0 Å². The lowest BCUT2D eigenvalue weighted by Crippen LogP contribution is -2.54. The second kappa shape index (κ2) is 9.78. The molecule has 4 nitrogen and oxygen atoms in total. The van der Waals surface area contributed by atoms with Crippen molar-refractivity contribution in [2.45, 2.75) is 129 Å². The van der Waals surface area contributed by atoms with Crippen molar-refractivity contribution in [2.24, 2.45) is 40.4 Å². The van der Waals surface area contributed by atoms with Gasteiger partial charge in [-0.05, 0) is 125 Å². The first-order valence-corrected chi connectivity index (χ1v) is 14.4. The fraction of sp³-hybridized carbons (Fsp3) is 0.933. The van der Waals surface area contributed by atoms with Crippen LogP contribution < -0.4 is 0 Å². The Morgan fingerprint density at radius 3 is 2.32 bits per heavy atom. The molecule has 7 heteroatoms. The van der Waals surface area contributed by atoms with Crippen molar-refractivity contribution in [2.75, 3.05) is 6.61 Å². The Hall–Kier alpha value is -0.630. The van der Waals surface area contributed by atoms with Crippen LogP contribution in [0.5, 0.6) is 0 Å². The number of aliphatic hydroxyl groups excluding tert-OH is 1. The average Bonchev–Trinajstić information content (AvgIpc) is 3.13. The highest BCUT2D eigenvalue weighted by atomic mass is 19.4. The minimum absolute atomic E-state index is 0.0621. The van der Waals surface area contributed by atoms with Crippen LogP contribution in [-0.2, 0) is 4.74 Å². The van der Waals surface area contributed by atoms with Crippen LogP contribution in [0.3, 0.4) is 0 Å². The van der Waals surface area contributed by atoms with Crippen molar-refractivity contribution < 1.29 is 33.2 Å². The summed E-state index contributed by atoms with van der Waals surface area (Å²) < 4.78 is 45.6. The van der Waals surface area contributed by atoms with Crippen molar-refractivity contribution >= 4 is 0 Å². The highest BCUT2D eigenvalue weighted by molar-refractivity contribution is 5.29. The molecule has 3 fully saturated rings. The molecular formula is C30H49F3O4. The third-order valence-corrected chi connectivity index (χ3v) is 11.3. The van der Waals surface area contributed by atoms with E-state index in [1.54, 1.807) is 13.8 Å². The van der Waals surface area contributed by atoms with Crippen LogP contribution in [0.4, 0.5) is 13.2 Å². The van der Waals surface area contributed by atoms with Crippen LogP contribution in [0.2, 0.25) is 0 Å². The van der Waals surface area contributed by atoms with Gasteiger partial charge in [0.15, 0.2) is 5.60 Å². The molecule has 0 bridgehead atoms. The third-order valence-electron chi connectivity index (χ3n) is 11.3. The maximum atomic E-state index is 13.2. The molecule has 0 heterocycles. The van der Waals surface area contributed by atoms with Crippen LogP contribution in [-0.4, -0.2) is 51.5 Å². The predicted molar refractivity (Wildman–Crippen MR) is 138 cm³/mol. The largest absolute Gasteiger partial charge is 0.416 e. The minimum Gasteiger partial charge on any atom is -0.388 e. The number of hydrogen-bond acceptors (Lipinski definition) is 4. The monoisotopic (exact) mass is 530 g/mol. The number of alkyl halides is 3. The van der Waals surface area contributed by atoms with Gasteiger partial charge in [0, 0.05) is 0 Å². The van der Waals surface area contributed by atoms with E-state index in [0.717, 1.165) is 57.4 Å². The summed E-state index contributed by atoms with van der Waals surface area (Å²) in [5, 5.41) is 31.3. The van der Waals surface area contributed by atoms with Crippen LogP contribution in [0.1, 0.15) is 99.3 Å². The molecule has 37 heavy (non-hydrogen) atoms. The number of allylic oxidation sites excluding steroid dienone is 1. The number of halogens is 3. The van der Waals surface area contributed by atoms with Gasteiger partial charge >= 0.3 is 6.18 Å². The standard InChI is InChI=1S/C30H49F3O4/c1-18(11-16-29(6,36)30(31,32)33)20-9-10-21-19-7-8-23-25(34)24(37-17-26(2,3)35)13-15-28(23,5)22(19)12-14-27(20,21)4/h8,18-22,24-25,34-36H,7,9-17H2,1-6H3/t18-,19+,20-,21+,22+,24+,25-,27-,28-,29+/m1/s1. The molecule has 0 aliphatic heterocycles. The molecule has 0 unspecified atom stereocenters. The molecule has 0 radical (unpaired) electrons. The van der Waals surface area contributed by atoms with Gasteiger partial charge in [0.2, 0.25) is 0 Å². The van der Waals surface area contributed by atoms with E-state index in [1.807, 2.05) is 0 Å². The molecule has 0 amide bonds. The molecule has 0 spiro atoms. The topological polar surface area (TPSA) is 69.9 Å². The van der Waals surface area contributed by atoms with E-state index in [0.29, 0.717) is 30.1 Å². The average molecular weight is 531 g/mol. The van der Waals surface area contributed by atoms with Crippen molar-refractivity contribution in [3.8, 4) is 0 Å².